The standard InChI is InChI=1S/C25H26N2O2S/c1-18(2)16-17-29-22-13-11-21(12-14-22)26-25(30)27-24(28)15-10-20-8-5-7-19-6-3-4-9-23(19)20/h3-15,18H,16-17H2,1-2H3,(H2,26,27,28,30)/b15-10+. The number of anilines is 1. The van der Waals surface area contributed by atoms with Gasteiger partial charge in [0.2, 0.25) is 5.91 Å². The normalized spacial score (nSPS) is 11.0. The molecule has 0 saturated carbocycles. The SMILES string of the molecule is CC(C)CCOc1ccc(NC(=S)NC(=O)/C=C/c2cccc3ccccc23)cc1. The third-order valence-electron chi connectivity index (χ3n) is 4.55. The Hall–Kier alpha value is -3.18. The molecule has 0 saturated heterocycles. The van der Waals surface area contributed by atoms with Crippen LogP contribution in [-0.4, -0.2) is 17.6 Å². The number of thiocarbonyl (C=S) groups is 1. The average Bonchev–Trinajstić information content (AvgIpc) is 2.73. The molecule has 0 bridgehead atoms. The fourth-order valence-electron chi connectivity index (χ4n) is 2.92. The first-order valence-electron chi connectivity index (χ1n) is 10.0. The molecule has 1 amide bonds. The van der Waals surface area contributed by atoms with Crippen LogP contribution in [0.15, 0.2) is 72.8 Å². The largest absolute Gasteiger partial charge is 0.494 e. The lowest BCUT2D eigenvalue weighted by Gasteiger charge is -2.10. The summed E-state index contributed by atoms with van der Waals surface area (Å²) in [6, 6.07) is 21.6. The van der Waals surface area contributed by atoms with Gasteiger partial charge in [-0.3, -0.25) is 10.1 Å². The minimum atomic E-state index is -0.283. The Morgan fingerprint density at radius 1 is 1.03 bits per heavy atom. The molecule has 3 rings (SSSR count). The molecule has 0 aliphatic rings. The highest BCUT2D eigenvalue weighted by Crippen LogP contribution is 2.19. The second kappa shape index (κ2) is 10.6. The van der Waals surface area contributed by atoms with Crippen LogP contribution in [0.4, 0.5) is 5.69 Å². The van der Waals surface area contributed by atoms with Crippen LogP contribution in [0.25, 0.3) is 16.8 Å². The summed E-state index contributed by atoms with van der Waals surface area (Å²) in [6.45, 7) is 5.04. The highest BCUT2D eigenvalue weighted by molar-refractivity contribution is 7.80. The van der Waals surface area contributed by atoms with Gasteiger partial charge in [0, 0.05) is 11.8 Å². The summed E-state index contributed by atoms with van der Waals surface area (Å²) in [4.78, 5) is 12.2. The number of carbonyl (C=O) groups is 1. The lowest BCUT2D eigenvalue weighted by Crippen LogP contribution is -2.32. The molecule has 0 atom stereocenters. The van der Waals surface area contributed by atoms with E-state index in [9.17, 15) is 4.79 Å². The zero-order valence-corrected chi connectivity index (χ0v) is 18.0. The van der Waals surface area contributed by atoms with Crippen molar-refractivity contribution in [1.82, 2.24) is 5.32 Å². The van der Waals surface area contributed by atoms with E-state index in [2.05, 4.69) is 24.5 Å². The summed E-state index contributed by atoms with van der Waals surface area (Å²) in [7, 11) is 0. The van der Waals surface area contributed by atoms with E-state index >= 15 is 0 Å². The van der Waals surface area contributed by atoms with E-state index in [1.807, 2.05) is 66.7 Å². The molecule has 0 unspecified atom stereocenters. The second-order valence-corrected chi connectivity index (χ2v) is 7.81. The van der Waals surface area contributed by atoms with Crippen molar-refractivity contribution in [2.24, 2.45) is 5.92 Å². The molecule has 0 heterocycles. The molecule has 0 radical (unpaired) electrons. The molecule has 2 N–H and O–H groups in total. The van der Waals surface area contributed by atoms with Crippen molar-refractivity contribution in [2.75, 3.05) is 11.9 Å². The molecule has 0 aliphatic heterocycles. The molecule has 0 fully saturated rings. The monoisotopic (exact) mass is 418 g/mol. The summed E-state index contributed by atoms with van der Waals surface area (Å²) in [6.07, 6.45) is 4.30. The maximum absolute atomic E-state index is 12.2. The maximum atomic E-state index is 12.2. The van der Waals surface area contributed by atoms with E-state index in [-0.39, 0.29) is 11.0 Å². The molecule has 0 aromatic heterocycles. The molecular weight excluding hydrogens is 392 g/mol. The fourth-order valence-corrected chi connectivity index (χ4v) is 3.14. The van der Waals surface area contributed by atoms with Crippen LogP contribution in [0.3, 0.4) is 0 Å². The van der Waals surface area contributed by atoms with Gasteiger partial charge < -0.3 is 10.1 Å². The van der Waals surface area contributed by atoms with Gasteiger partial charge in [0.25, 0.3) is 0 Å². The number of hydrogen-bond donors (Lipinski definition) is 2. The van der Waals surface area contributed by atoms with Crippen molar-refractivity contribution >= 4 is 45.8 Å². The number of ether oxygens (including phenoxy) is 1. The van der Waals surface area contributed by atoms with Crippen LogP contribution in [0, 0.1) is 5.92 Å². The third kappa shape index (κ3) is 6.42. The Labute approximate surface area is 182 Å². The second-order valence-electron chi connectivity index (χ2n) is 7.40. The van der Waals surface area contributed by atoms with E-state index in [0.29, 0.717) is 12.5 Å². The van der Waals surface area contributed by atoms with Crippen LogP contribution in [0.2, 0.25) is 0 Å². The number of benzene rings is 3. The average molecular weight is 419 g/mol. The Balaban J connectivity index is 1.52. The Morgan fingerprint density at radius 2 is 1.77 bits per heavy atom. The van der Waals surface area contributed by atoms with Crippen LogP contribution in [0.1, 0.15) is 25.8 Å². The van der Waals surface area contributed by atoms with E-state index < -0.39 is 0 Å². The van der Waals surface area contributed by atoms with Crippen LogP contribution < -0.4 is 15.4 Å². The van der Waals surface area contributed by atoms with Gasteiger partial charge in [-0.2, -0.15) is 0 Å². The third-order valence-corrected chi connectivity index (χ3v) is 4.75. The topological polar surface area (TPSA) is 50.4 Å². The lowest BCUT2D eigenvalue weighted by molar-refractivity contribution is -0.115. The van der Waals surface area contributed by atoms with Gasteiger partial charge >= 0.3 is 0 Å². The summed E-state index contributed by atoms with van der Waals surface area (Å²) in [5, 5.41) is 8.16. The lowest BCUT2D eigenvalue weighted by atomic mass is 10.0. The van der Waals surface area contributed by atoms with E-state index in [0.717, 1.165) is 34.2 Å². The smallest absolute Gasteiger partial charge is 0.250 e. The zero-order chi connectivity index (χ0) is 21.3. The van der Waals surface area contributed by atoms with Gasteiger partial charge in [-0.1, -0.05) is 56.3 Å². The summed E-state index contributed by atoms with van der Waals surface area (Å²) < 4.78 is 5.71. The van der Waals surface area contributed by atoms with E-state index in [1.54, 1.807) is 6.08 Å². The van der Waals surface area contributed by atoms with Gasteiger partial charge in [0.05, 0.1) is 6.61 Å². The first-order valence-corrected chi connectivity index (χ1v) is 10.4. The Kier molecular flexibility index (Phi) is 7.57. The summed E-state index contributed by atoms with van der Waals surface area (Å²) in [5.41, 5.74) is 1.77. The van der Waals surface area contributed by atoms with E-state index in [1.165, 1.54) is 6.08 Å². The predicted octanol–water partition coefficient (Wildman–Crippen LogP) is 5.79. The molecule has 154 valence electrons. The van der Waals surface area contributed by atoms with Gasteiger partial charge in [-0.25, -0.2) is 0 Å². The molecule has 5 heteroatoms. The number of amides is 1. The zero-order valence-electron chi connectivity index (χ0n) is 17.2. The van der Waals surface area contributed by atoms with Crippen LogP contribution in [-0.2, 0) is 4.79 Å². The minimum absolute atomic E-state index is 0.246. The molecule has 3 aromatic carbocycles. The molecule has 4 nitrogen and oxygen atoms in total. The summed E-state index contributed by atoms with van der Waals surface area (Å²) in [5.74, 6) is 1.14. The molecule has 30 heavy (non-hydrogen) atoms. The Morgan fingerprint density at radius 3 is 2.53 bits per heavy atom. The van der Waals surface area contributed by atoms with Crippen LogP contribution >= 0.6 is 12.2 Å². The summed E-state index contributed by atoms with van der Waals surface area (Å²) >= 11 is 5.24. The Bertz CT molecular complexity index is 1040. The number of rotatable bonds is 7. The van der Waals surface area contributed by atoms with Gasteiger partial charge in [-0.15, -0.1) is 0 Å². The number of nitrogens with one attached hydrogen (secondary N) is 2. The number of hydrogen-bond acceptors (Lipinski definition) is 3. The number of fused-ring (bicyclic) bond motifs is 1. The van der Waals surface area contributed by atoms with E-state index in [4.69, 9.17) is 17.0 Å². The van der Waals surface area contributed by atoms with Crippen molar-refractivity contribution in [3.8, 4) is 5.75 Å². The van der Waals surface area contributed by atoms with Crippen molar-refractivity contribution in [2.45, 2.75) is 20.3 Å². The van der Waals surface area contributed by atoms with Gasteiger partial charge in [0.1, 0.15) is 5.75 Å². The highest BCUT2D eigenvalue weighted by Gasteiger charge is 2.04. The predicted molar refractivity (Wildman–Crippen MR) is 129 cm³/mol. The van der Waals surface area contributed by atoms with Crippen LogP contribution in [0.5, 0.6) is 5.75 Å². The first kappa shape index (κ1) is 21.5. The minimum Gasteiger partial charge on any atom is -0.494 e. The fraction of sp³-hybridized carbons (Fsp3) is 0.200. The van der Waals surface area contributed by atoms with Crippen molar-refractivity contribution in [3.05, 3.63) is 78.4 Å². The van der Waals surface area contributed by atoms with Crippen molar-refractivity contribution in [3.63, 3.8) is 0 Å². The molecule has 0 aliphatic carbocycles. The first-order chi connectivity index (χ1) is 14.5. The van der Waals surface area contributed by atoms with Gasteiger partial charge in [0.15, 0.2) is 5.11 Å². The maximum Gasteiger partial charge on any atom is 0.250 e. The molecule has 0 spiro atoms. The highest BCUT2D eigenvalue weighted by atomic mass is 32.1. The molecular formula is C25H26N2O2S. The number of carbonyl (C=O) groups excluding carboxylic acids is 1. The molecule has 3 aromatic rings. The van der Waals surface area contributed by atoms with Crippen molar-refractivity contribution < 1.29 is 9.53 Å². The van der Waals surface area contributed by atoms with Crippen molar-refractivity contribution in [1.29, 1.82) is 0 Å². The van der Waals surface area contributed by atoms with Gasteiger partial charge in [-0.05, 0) is 71.2 Å². The quantitative estimate of drug-likeness (QED) is 0.377.